The van der Waals surface area contributed by atoms with Crippen LogP contribution in [0.15, 0.2) is 0 Å². The Morgan fingerprint density at radius 1 is 0.246 bits per heavy atom. The molecule has 0 bridgehead atoms. The molecule has 0 fully saturated rings. The first kappa shape index (κ1) is 119. The van der Waals surface area contributed by atoms with Crippen LogP contribution in [0, 0.1) is 11.8 Å². The predicted octanol–water partition coefficient (Wildman–Crippen LogP) is 26.2. The Morgan fingerprint density at radius 2 is 0.483 bits per heavy atom. The van der Waals surface area contributed by atoms with Gasteiger partial charge in [0.05, 0.1) is 19.8 Å². The van der Waals surface area contributed by atoms with E-state index in [4.69, 9.17) is 28.8 Å². The average molecular weight is 1680 g/mol. The van der Waals surface area contributed by atoms with Gasteiger partial charge in [0.1, 0.15) is 19.8 Å². The number of carbonyl (C=O) groups is 5. The summed E-state index contributed by atoms with van der Waals surface area (Å²) < 4.78 is 28.3. The van der Waals surface area contributed by atoms with Gasteiger partial charge in [-0.3, -0.25) is 29.0 Å². The SMILES string of the molecule is CCCCCCCC(=O)OCCN(CCO)CCN(CC)CC.CCCCCCCCN(CCCCCCCCCC(=O)OCC(CCCCCC)CCCCCC)C(=O)OCCN(CCOC(=O)CCCCCCC)CCN(CC)CC.CCCCCCCCNCCCCCCCCCC(=O)OCC(CCCCCC)CCCCCC. The molecule has 118 heavy (non-hydrogen) atoms. The predicted molar refractivity (Wildman–Crippen MR) is 505 cm³/mol. The zero-order valence-corrected chi connectivity index (χ0v) is 80.9. The highest BCUT2D eigenvalue weighted by molar-refractivity contribution is 5.70. The molecule has 0 aromatic heterocycles. The number of aliphatic hydroxyl groups is 1. The highest BCUT2D eigenvalue weighted by Crippen LogP contribution is 2.23. The quantitative estimate of drug-likeness (QED) is 0.0333. The van der Waals surface area contributed by atoms with E-state index in [-0.39, 0.29) is 36.6 Å². The van der Waals surface area contributed by atoms with Crippen molar-refractivity contribution in [3.8, 4) is 0 Å². The van der Waals surface area contributed by atoms with Crippen LogP contribution < -0.4 is 5.32 Å². The average Bonchev–Trinajstić information content (AvgIpc) is 0.932. The van der Waals surface area contributed by atoms with E-state index in [2.05, 4.69) is 108 Å². The van der Waals surface area contributed by atoms with Crippen LogP contribution in [0.4, 0.5) is 4.79 Å². The van der Waals surface area contributed by atoms with Gasteiger partial charge in [-0.2, -0.15) is 0 Å². The van der Waals surface area contributed by atoms with Crippen molar-refractivity contribution in [1.82, 2.24) is 29.8 Å². The van der Waals surface area contributed by atoms with Gasteiger partial charge in [0, 0.05) is 91.1 Å². The molecule has 0 aromatic carbocycles. The van der Waals surface area contributed by atoms with Crippen LogP contribution in [0.5, 0.6) is 0 Å². The number of ether oxygens (including phenoxy) is 5. The molecule has 0 unspecified atom stereocenters. The Hall–Kier alpha value is -3.09. The molecule has 1 amide bonds. The second-order valence-electron chi connectivity index (χ2n) is 34.6. The summed E-state index contributed by atoms with van der Waals surface area (Å²) in [6.07, 6.45) is 70.4. The van der Waals surface area contributed by atoms with Crippen LogP contribution in [-0.4, -0.2) is 204 Å². The number of hydrogen-bond acceptors (Lipinski definition) is 16. The summed E-state index contributed by atoms with van der Waals surface area (Å²) >= 11 is 0. The Bertz CT molecular complexity index is 2010. The molecular weight excluding hydrogens is 1470 g/mol. The number of esters is 4. The van der Waals surface area contributed by atoms with Crippen molar-refractivity contribution in [3.05, 3.63) is 0 Å². The van der Waals surface area contributed by atoms with Crippen molar-refractivity contribution >= 4 is 30.0 Å². The number of carbonyl (C=O) groups excluding carboxylic acids is 5. The van der Waals surface area contributed by atoms with Gasteiger partial charge in [-0.05, 0) is 128 Å². The lowest BCUT2D eigenvalue weighted by molar-refractivity contribution is -0.146. The molecule has 0 saturated heterocycles. The van der Waals surface area contributed by atoms with Gasteiger partial charge in [0.15, 0.2) is 0 Å². The molecule has 0 rings (SSSR count). The van der Waals surface area contributed by atoms with Crippen LogP contribution in [0.2, 0.25) is 0 Å². The third-order valence-electron chi connectivity index (χ3n) is 23.7. The van der Waals surface area contributed by atoms with Crippen LogP contribution in [-0.2, 0) is 42.9 Å². The second-order valence-corrected chi connectivity index (χ2v) is 34.6. The van der Waals surface area contributed by atoms with E-state index in [9.17, 15) is 24.0 Å². The molecule has 0 aliphatic carbocycles. The number of aliphatic hydroxyl groups excluding tert-OH is 1. The minimum atomic E-state index is -0.201. The molecule has 0 aliphatic heterocycles. The number of nitrogens with zero attached hydrogens (tertiary/aromatic N) is 5. The van der Waals surface area contributed by atoms with E-state index in [0.717, 1.165) is 155 Å². The van der Waals surface area contributed by atoms with E-state index < -0.39 is 0 Å². The van der Waals surface area contributed by atoms with Crippen LogP contribution in [0.3, 0.4) is 0 Å². The molecule has 0 spiro atoms. The van der Waals surface area contributed by atoms with Gasteiger partial charge in [-0.1, -0.05) is 366 Å². The van der Waals surface area contributed by atoms with Crippen LogP contribution in [0.1, 0.15) is 468 Å². The molecule has 704 valence electrons. The molecule has 17 nitrogen and oxygen atoms in total. The summed E-state index contributed by atoms with van der Waals surface area (Å²) in [6.45, 7) is 43.3. The first-order valence-electron chi connectivity index (χ1n) is 51.5. The summed E-state index contributed by atoms with van der Waals surface area (Å²) in [5, 5.41) is 12.8. The fourth-order valence-electron chi connectivity index (χ4n) is 15.3. The smallest absolute Gasteiger partial charge is 0.409 e. The first-order valence-corrected chi connectivity index (χ1v) is 51.5. The van der Waals surface area contributed by atoms with Gasteiger partial charge in [-0.25, -0.2) is 4.79 Å². The number of amides is 1. The van der Waals surface area contributed by atoms with E-state index in [1.807, 2.05) is 4.90 Å². The topological polar surface area (TPSA) is 180 Å². The Labute approximate surface area is 733 Å². The first-order chi connectivity index (χ1) is 57.8. The Balaban J connectivity index is -0.00000191. The Morgan fingerprint density at radius 3 is 0.771 bits per heavy atom. The molecule has 0 atom stereocenters. The lowest BCUT2D eigenvalue weighted by Gasteiger charge is -2.27. The van der Waals surface area contributed by atoms with Gasteiger partial charge in [0.25, 0.3) is 0 Å². The minimum absolute atomic E-state index is 0.0175. The summed E-state index contributed by atoms with van der Waals surface area (Å²) in [5.41, 5.74) is 0. The van der Waals surface area contributed by atoms with Gasteiger partial charge in [-0.15, -0.1) is 0 Å². The number of nitrogens with one attached hydrogen (secondary N) is 1. The summed E-state index contributed by atoms with van der Waals surface area (Å²) in [4.78, 5) is 73.3. The largest absolute Gasteiger partial charge is 0.465 e. The summed E-state index contributed by atoms with van der Waals surface area (Å²) in [7, 11) is 0. The third kappa shape index (κ3) is 89.2. The molecule has 0 aromatic rings. The molecule has 0 saturated carbocycles. The fourth-order valence-corrected chi connectivity index (χ4v) is 15.3. The van der Waals surface area contributed by atoms with Crippen molar-refractivity contribution in [3.63, 3.8) is 0 Å². The standard InChI is InChI=1S/C51H101N3O6.C32H65NO2.C18H38N2O3/c1-7-13-17-21-27-33-39-54(51(57)59-46-44-53(42-41-52(11-5)12-6)43-45-58-49(55)37-31-25-18-14-8-2)40-34-28-24-22-23-26-32-38-50(56)60-47-48(35-29-19-15-9-3)36-30-20-16-10-4;1-4-7-10-13-18-23-28-33-29-24-19-16-14-15-17-22-27-32(34)35-30-31(25-20-11-8-5-2)26-21-12-9-6-3;1-4-7-8-9-10-11-18(22)23-17-15-20(14-16-21)13-12-19(5-2)6-3/h48H,7-47H2,1-6H3;31,33H,4-30H2,1-3H3;21H,4-17H2,1-3H3. The lowest BCUT2D eigenvalue weighted by Crippen LogP contribution is -2.40. The molecular formula is C101H204N6O11. The molecule has 0 heterocycles. The van der Waals surface area contributed by atoms with Crippen LogP contribution >= 0.6 is 0 Å². The van der Waals surface area contributed by atoms with E-state index >= 15 is 0 Å². The van der Waals surface area contributed by atoms with Crippen molar-refractivity contribution < 1.29 is 52.8 Å². The second kappa shape index (κ2) is 99.3. The van der Waals surface area contributed by atoms with Crippen molar-refractivity contribution in [2.24, 2.45) is 11.8 Å². The van der Waals surface area contributed by atoms with Crippen molar-refractivity contribution in [2.75, 3.05) is 144 Å². The number of unbranched alkanes of at least 4 members (excludes halogenated alkanes) is 42. The summed E-state index contributed by atoms with van der Waals surface area (Å²) in [5.74, 6) is 0.920. The van der Waals surface area contributed by atoms with E-state index in [1.165, 1.54) is 283 Å². The van der Waals surface area contributed by atoms with Crippen molar-refractivity contribution in [1.29, 1.82) is 0 Å². The normalized spacial score (nSPS) is 11.5. The Kier molecular flexibility index (Phi) is 100. The number of hydrogen-bond donors (Lipinski definition) is 2. The third-order valence-corrected chi connectivity index (χ3v) is 23.7. The maximum atomic E-state index is 13.4. The van der Waals surface area contributed by atoms with Gasteiger partial charge < -0.3 is 48.8 Å². The number of rotatable bonds is 91. The zero-order valence-electron chi connectivity index (χ0n) is 80.9. The fraction of sp³-hybridized carbons (Fsp3) is 0.950. The van der Waals surface area contributed by atoms with Gasteiger partial charge in [0.2, 0.25) is 0 Å². The molecule has 17 heteroatoms. The monoisotopic (exact) mass is 1680 g/mol. The number of likely N-dealkylation sites (N-methyl/N-ethyl adjacent to an activating group) is 2. The minimum Gasteiger partial charge on any atom is -0.465 e. The van der Waals surface area contributed by atoms with Crippen LogP contribution in [0.25, 0.3) is 0 Å². The highest BCUT2D eigenvalue weighted by atomic mass is 16.6. The van der Waals surface area contributed by atoms with Gasteiger partial charge >= 0.3 is 30.0 Å². The van der Waals surface area contributed by atoms with E-state index in [1.54, 1.807) is 0 Å². The van der Waals surface area contributed by atoms with Crippen molar-refractivity contribution in [2.45, 2.75) is 468 Å². The summed E-state index contributed by atoms with van der Waals surface area (Å²) in [6, 6.07) is 0. The molecule has 2 N–H and O–H groups in total. The molecule has 0 radical (unpaired) electrons. The molecule has 0 aliphatic rings. The van der Waals surface area contributed by atoms with E-state index in [0.29, 0.717) is 96.7 Å². The zero-order chi connectivity index (χ0) is 87.2. The highest BCUT2D eigenvalue weighted by Gasteiger charge is 2.19. The maximum absolute atomic E-state index is 13.4. The maximum Gasteiger partial charge on any atom is 0.409 e. The lowest BCUT2D eigenvalue weighted by atomic mass is 9.95.